The summed E-state index contributed by atoms with van der Waals surface area (Å²) in [7, 11) is 0. The van der Waals surface area contributed by atoms with Crippen molar-refractivity contribution in [2.45, 2.75) is 12.8 Å². The summed E-state index contributed by atoms with van der Waals surface area (Å²) in [6.07, 6.45) is 2.31. The summed E-state index contributed by atoms with van der Waals surface area (Å²) in [6, 6.07) is 5.84. The topological polar surface area (TPSA) is 26.3 Å². The van der Waals surface area contributed by atoms with Crippen molar-refractivity contribution in [2.75, 3.05) is 6.61 Å². The number of carbonyl (C=O) groups excluding carboxylic acids is 1. The minimum Gasteiger partial charge on any atom is -0.458 e. The summed E-state index contributed by atoms with van der Waals surface area (Å²) >= 11 is 0. The molecule has 0 aromatic heterocycles. The fourth-order valence-electron chi connectivity index (χ4n) is 1.36. The minimum absolute atomic E-state index is 0.0406. The summed E-state index contributed by atoms with van der Waals surface area (Å²) in [5.41, 5.74) is 0.786. The quantitative estimate of drug-likeness (QED) is 0.441. The zero-order chi connectivity index (χ0) is 13.4. The van der Waals surface area contributed by atoms with E-state index in [9.17, 15) is 13.6 Å². The Hall–Kier alpha value is -1.97. The van der Waals surface area contributed by atoms with Crippen LogP contribution in [0, 0.1) is 5.82 Å². The van der Waals surface area contributed by atoms with Crippen LogP contribution in [-0.4, -0.2) is 12.6 Å². The largest absolute Gasteiger partial charge is 0.458 e. The highest BCUT2D eigenvalue weighted by atomic mass is 19.1. The monoisotopic (exact) mass is 252 g/mol. The SMILES string of the molecule is C=CCOC(=O)/C(=C/F)CCc1ccc(F)cc1. The number of hydrogen-bond acceptors (Lipinski definition) is 2. The van der Waals surface area contributed by atoms with Crippen molar-refractivity contribution in [2.24, 2.45) is 0 Å². The molecule has 96 valence electrons. The molecule has 0 unspecified atom stereocenters. The van der Waals surface area contributed by atoms with Gasteiger partial charge < -0.3 is 4.74 Å². The lowest BCUT2D eigenvalue weighted by Gasteiger charge is -2.05. The van der Waals surface area contributed by atoms with Crippen LogP contribution in [0.3, 0.4) is 0 Å². The highest BCUT2D eigenvalue weighted by molar-refractivity contribution is 5.88. The van der Waals surface area contributed by atoms with Gasteiger partial charge in [-0.1, -0.05) is 24.8 Å². The Morgan fingerprint density at radius 2 is 2.00 bits per heavy atom. The molecule has 0 heterocycles. The van der Waals surface area contributed by atoms with Gasteiger partial charge in [-0.15, -0.1) is 0 Å². The van der Waals surface area contributed by atoms with E-state index >= 15 is 0 Å². The fourth-order valence-corrected chi connectivity index (χ4v) is 1.36. The molecule has 0 atom stereocenters. The van der Waals surface area contributed by atoms with Crippen LogP contribution in [0.2, 0.25) is 0 Å². The van der Waals surface area contributed by atoms with Crippen molar-refractivity contribution in [3.63, 3.8) is 0 Å². The highest BCUT2D eigenvalue weighted by Crippen LogP contribution is 2.12. The molecule has 1 aromatic carbocycles. The van der Waals surface area contributed by atoms with Gasteiger partial charge in [0.05, 0.1) is 11.9 Å². The number of rotatable bonds is 6. The molecule has 0 aliphatic heterocycles. The molecule has 0 amide bonds. The highest BCUT2D eigenvalue weighted by Gasteiger charge is 2.11. The minimum atomic E-state index is -0.695. The average Bonchev–Trinajstić information content (AvgIpc) is 2.39. The number of ether oxygens (including phenoxy) is 1. The standard InChI is InChI=1S/C14H14F2O2/c1-2-9-18-14(17)12(10-15)6-3-11-4-7-13(16)8-5-11/h2,4-5,7-8,10H,1,3,6,9H2/b12-10+. The molecule has 2 nitrogen and oxygen atoms in total. The van der Waals surface area contributed by atoms with E-state index in [1.54, 1.807) is 12.1 Å². The second-order valence-corrected chi connectivity index (χ2v) is 3.65. The van der Waals surface area contributed by atoms with E-state index in [1.807, 2.05) is 0 Å². The van der Waals surface area contributed by atoms with E-state index < -0.39 is 5.97 Å². The molecule has 0 saturated heterocycles. The molecule has 0 radical (unpaired) electrons. The van der Waals surface area contributed by atoms with Crippen LogP contribution in [0.4, 0.5) is 8.78 Å². The second kappa shape index (κ2) is 7.37. The molecule has 0 saturated carbocycles. The third kappa shape index (κ3) is 4.49. The van der Waals surface area contributed by atoms with Crippen molar-refractivity contribution < 1.29 is 18.3 Å². The number of carbonyl (C=O) groups is 1. The number of esters is 1. The van der Waals surface area contributed by atoms with E-state index in [0.717, 1.165) is 5.56 Å². The Bertz CT molecular complexity index is 436. The van der Waals surface area contributed by atoms with Gasteiger partial charge in [0, 0.05) is 0 Å². The molecule has 0 spiro atoms. The molecule has 0 aliphatic carbocycles. The molecule has 0 bridgehead atoms. The smallest absolute Gasteiger partial charge is 0.336 e. The van der Waals surface area contributed by atoms with Gasteiger partial charge in [-0.05, 0) is 30.5 Å². The second-order valence-electron chi connectivity index (χ2n) is 3.65. The number of hydrogen-bond donors (Lipinski definition) is 0. The fraction of sp³-hybridized carbons (Fsp3) is 0.214. The molecule has 0 aliphatic rings. The molecule has 4 heteroatoms. The number of aryl methyl sites for hydroxylation is 1. The first-order valence-corrected chi connectivity index (χ1v) is 5.49. The van der Waals surface area contributed by atoms with Crippen LogP contribution >= 0.6 is 0 Å². The van der Waals surface area contributed by atoms with E-state index in [4.69, 9.17) is 4.74 Å². The van der Waals surface area contributed by atoms with Gasteiger partial charge in [0.1, 0.15) is 12.4 Å². The summed E-state index contributed by atoms with van der Waals surface area (Å²) in [6.45, 7) is 3.44. The summed E-state index contributed by atoms with van der Waals surface area (Å²) < 4.78 is 29.9. The molecule has 1 rings (SSSR count). The molecule has 18 heavy (non-hydrogen) atoms. The van der Waals surface area contributed by atoms with Gasteiger partial charge in [0.15, 0.2) is 0 Å². The van der Waals surface area contributed by atoms with E-state index in [1.165, 1.54) is 18.2 Å². The van der Waals surface area contributed by atoms with Crippen molar-refractivity contribution in [3.8, 4) is 0 Å². The maximum Gasteiger partial charge on any atom is 0.336 e. The van der Waals surface area contributed by atoms with Crippen LogP contribution in [0.1, 0.15) is 12.0 Å². The van der Waals surface area contributed by atoms with Crippen molar-refractivity contribution in [1.29, 1.82) is 0 Å². The molecule has 0 N–H and O–H groups in total. The number of benzene rings is 1. The zero-order valence-corrected chi connectivity index (χ0v) is 9.86. The Balaban J connectivity index is 2.52. The van der Waals surface area contributed by atoms with Crippen molar-refractivity contribution in [3.05, 3.63) is 60.2 Å². The van der Waals surface area contributed by atoms with Crippen molar-refractivity contribution in [1.82, 2.24) is 0 Å². The first-order valence-electron chi connectivity index (χ1n) is 5.49. The van der Waals surface area contributed by atoms with Crippen LogP contribution in [0.15, 0.2) is 48.8 Å². The lowest BCUT2D eigenvalue weighted by atomic mass is 10.1. The van der Waals surface area contributed by atoms with Crippen LogP contribution in [-0.2, 0) is 16.0 Å². The zero-order valence-electron chi connectivity index (χ0n) is 9.86. The molecular weight excluding hydrogens is 238 g/mol. The summed E-state index contributed by atoms with van der Waals surface area (Å²) in [4.78, 5) is 11.4. The summed E-state index contributed by atoms with van der Waals surface area (Å²) in [5, 5.41) is 0. The lowest BCUT2D eigenvalue weighted by molar-refractivity contribution is -0.138. The number of halogens is 2. The van der Waals surface area contributed by atoms with Gasteiger partial charge in [-0.3, -0.25) is 0 Å². The van der Waals surface area contributed by atoms with Crippen LogP contribution < -0.4 is 0 Å². The Morgan fingerprint density at radius 3 is 2.56 bits per heavy atom. The third-order valence-electron chi connectivity index (χ3n) is 2.32. The van der Waals surface area contributed by atoms with Gasteiger partial charge in [-0.25, -0.2) is 13.6 Å². The lowest BCUT2D eigenvalue weighted by Crippen LogP contribution is -2.08. The van der Waals surface area contributed by atoms with Crippen LogP contribution in [0.5, 0.6) is 0 Å². The Kier molecular flexibility index (Phi) is 5.77. The van der Waals surface area contributed by atoms with E-state index in [0.29, 0.717) is 6.42 Å². The van der Waals surface area contributed by atoms with Gasteiger partial charge >= 0.3 is 5.97 Å². The summed E-state index contributed by atoms with van der Waals surface area (Å²) in [5.74, 6) is -1.02. The van der Waals surface area contributed by atoms with Gasteiger partial charge in [0.25, 0.3) is 0 Å². The Labute approximate surface area is 105 Å². The maximum atomic E-state index is 12.7. The normalized spacial score (nSPS) is 11.1. The molecular formula is C14H14F2O2. The predicted octanol–water partition coefficient (Wildman–Crippen LogP) is 3.34. The molecule has 0 fully saturated rings. The van der Waals surface area contributed by atoms with Gasteiger partial charge in [-0.2, -0.15) is 0 Å². The van der Waals surface area contributed by atoms with Crippen molar-refractivity contribution >= 4 is 5.97 Å². The molecule has 1 aromatic rings. The first kappa shape index (κ1) is 14.1. The predicted molar refractivity (Wildman–Crippen MR) is 65.1 cm³/mol. The van der Waals surface area contributed by atoms with E-state index in [2.05, 4.69) is 6.58 Å². The third-order valence-corrected chi connectivity index (χ3v) is 2.32. The van der Waals surface area contributed by atoms with Gasteiger partial charge in [0.2, 0.25) is 0 Å². The Morgan fingerprint density at radius 1 is 1.33 bits per heavy atom. The van der Waals surface area contributed by atoms with E-state index in [-0.39, 0.29) is 30.7 Å². The maximum absolute atomic E-state index is 12.7. The first-order chi connectivity index (χ1) is 8.67. The van der Waals surface area contributed by atoms with Crippen LogP contribution in [0.25, 0.3) is 0 Å². The average molecular weight is 252 g/mol.